The molecule has 3 aromatic rings. The van der Waals surface area contributed by atoms with E-state index in [1.807, 2.05) is 0 Å². The average Bonchev–Trinajstić information content (AvgIpc) is 2.61. The quantitative estimate of drug-likeness (QED) is 0.711. The molecule has 0 aliphatic carbocycles. The van der Waals surface area contributed by atoms with Gasteiger partial charge in [-0.25, -0.2) is 0 Å². The molecule has 2 heterocycles. The van der Waals surface area contributed by atoms with Crippen LogP contribution in [0.5, 0.6) is 0 Å². The van der Waals surface area contributed by atoms with Crippen LogP contribution in [0.4, 0.5) is 11.4 Å². The van der Waals surface area contributed by atoms with E-state index in [-0.39, 0.29) is 0 Å². The first-order valence-electron chi connectivity index (χ1n) is 7.93. The first-order valence-corrected chi connectivity index (χ1v) is 7.93. The van der Waals surface area contributed by atoms with E-state index in [9.17, 15) is 0 Å². The lowest BCUT2D eigenvalue weighted by Gasteiger charge is -2.35. The predicted molar refractivity (Wildman–Crippen MR) is 94.4 cm³/mol. The van der Waals surface area contributed by atoms with Crippen LogP contribution >= 0.6 is 0 Å². The van der Waals surface area contributed by atoms with Gasteiger partial charge in [-0.15, -0.1) is 0 Å². The van der Waals surface area contributed by atoms with Gasteiger partial charge >= 0.3 is 0 Å². The highest BCUT2D eigenvalue weighted by Gasteiger charge is 2.18. The third kappa shape index (κ3) is 3.04. The minimum atomic E-state index is 0.821. The Kier molecular flexibility index (Phi) is 3.68. The second-order valence-electron chi connectivity index (χ2n) is 5.83. The number of hydrogen-bond donors (Lipinski definition) is 0. The second-order valence-corrected chi connectivity index (χ2v) is 5.83. The second kappa shape index (κ2) is 6.13. The van der Waals surface area contributed by atoms with Gasteiger partial charge in [0.2, 0.25) is 0 Å². The van der Waals surface area contributed by atoms with Crippen LogP contribution in [0.1, 0.15) is 11.4 Å². The van der Waals surface area contributed by atoms with Gasteiger partial charge in [-0.1, -0.05) is 42.5 Å². The number of fused-ring (bicyclic) bond motifs is 2. The summed E-state index contributed by atoms with van der Waals surface area (Å²) in [5, 5.41) is 0. The Labute approximate surface area is 136 Å². The van der Waals surface area contributed by atoms with Gasteiger partial charge in [0.05, 0.1) is 31.1 Å². The van der Waals surface area contributed by atoms with Crippen molar-refractivity contribution in [2.24, 2.45) is 0 Å². The Bertz CT molecular complexity index is 708. The largest absolute Gasteiger partial charge is 0.348 e. The Morgan fingerprint density at radius 2 is 1.04 bits per heavy atom. The van der Waals surface area contributed by atoms with Crippen molar-refractivity contribution in [1.82, 2.24) is 4.98 Å². The maximum Gasteiger partial charge on any atom is 0.0911 e. The van der Waals surface area contributed by atoms with Gasteiger partial charge in [0.1, 0.15) is 0 Å². The molecule has 0 fully saturated rings. The van der Waals surface area contributed by atoms with Crippen molar-refractivity contribution >= 4 is 11.4 Å². The fraction of sp³-hybridized carbons (Fsp3) is 0.150. The summed E-state index contributed by atoms with van der Waals surface area (Å²) in [6, 6.07) is 27.4. The number of hydrogen-bond acceptors (Lipinski definition) is 3. The fourth-order valence-electron chi connectivity index (χ4n) is 3.03. The SMILES string of the molecule is c1ccc(N2Cc3cccc(n3)CN(c3ccccc3)C2)cc1. The predicted octanol–water partition coefficient (Wildman–Crippen LogP) is 4.07. The number of aromatic nitrogens is 1. The Morgan fingerprint density at radius 1 is 0.565 bits per heavy atom. The topological polar surface area (TPSA) is 19.4 Å². The number of nitrogens with zero attached hydrogens (tertiary/aromatic N) is 3. The molecule has 23 heavy (non-hydrogen) atoms. The number of anilines is 2. The van der Waals surface area contributed by atoms with Crippen LogP contribution in [-0.4, -0.2) is 11.7 Å². The summed E-state index contributed by atoms with van der Waals surface area (Å²) in [5.41, 5.74) is 4.70. The molecule has 1 aromatic heterocycles. The molecule has 1 aliphatic rings. The van der Waals surface area contributed by atoms with Crippen LogP contribution in [0.3, 0.4) is 0 Å². The number of benzene rings is 2. The summed E-state index contributed by atoms with van der Waals surface area (Å²) in [7, 11) is 0. The Morgan fingerprint density at radius 3 is 1.52 bits per heavy atom. The highest BCUT2D eigenvalue weighted by Crippen LogP contribution is 2.23. The zero-order valence-corrected chi connectivity index (χ0v) is 13.0. The van der Waals surface area contributed by atoms with E-state index < -0.39 is 0 Å². The summed E-state index contributed by atoms with van der Waals surface area (Å²) >= 11 is 0. The first kappa shape index (κ1) is 13.8. The summed E-state index contributed by atoms with van der Waals surface area (Å²) in [6.07, 6.45) is 0. The summed E-state index contributed by atoms with van der Waals surface area (Å²) in [4.78, 5) is 9.55. The van der Waals surface area contributed by atoms with Crippen LogP contribution in [-0.2, 0) is 13.1 Å². The maximum absolute atomic E-state index is 4.80. The molecule has 0 unspecified atom stereocenters. The van der Waals surface area contributed by atoms with Crippen LogP contribution in [0, 0.1) is 0 Å². The molecule has 0 saturated heterocycles. The zero-order chi connectivity index (χ0) is 15.5. The van der Waals surface area contributed by atoms with Gasteiger partial charge in [0.25, 0.3) is 0 Å². The van der Waals surface area contributed by atoms with Crippen molar-refractivity contribution in [3.05, 3.63) is 90.3 Å². The van der Waals surface area contributed by atoms with Gasteiger partial charge < -0.3 is 9.80 Å². The zero-order valence-electron chi connectivity index (χ0n) is 13.0. The molecule has 2 bridgehead atoms. The maximum atomic E-state index is 4.80. The van der Waals surface area contributed by atoms with Crippen LogP contribution < -0.4 is 9.80 Å². The fourth-order valence-corrected chi connectivity index (χ4v) is 3.03. The first-order chi connectivity index (χ1) is 11.4. The Hall–Kier alpha value is -2.81. The monoisotopic (exact) mass is 301 g/mol. The van der Waals surface area contributed by atoms with E-state index in [0.29, 0.717) is 0 Å². The van der Waals surface area contributed by atoms with Crippen molar-refractivity contribution in [2.45, 2.75) is 13.1 Å². The van der Waals surface area contributed by atoms with Gasteiger partial charge in [-0.2, -0.15) is 0 Å². The third-order valence-corrected chi connectivity index (χ3v) is 4.15. The number of pyridine rings is 1. The molecule has 0 spiro atoms. The minimum Gasteiger partial charge on any atom is -0.348 e. The van der Waals surface area contributed by atoms with Crippen molar-refractivity contribution in [1.29, 1.82) is 0 Å². The summed E-state index contributed by atoms with van der Waals surface area (Å²) < 4.78 is 0. The van der Waals surface area contributed by atoms with Crippen molar-refractivity contribution in [3.63, 3.8) is 0 Å². The minimum absolute atomic E-state index is 0.821. The van der Waals surface area contributed by atoms with E-state index in [1.165, 1.54) is 11.4 Å². The van der Waals surface area contributed by atoms with Crippen molar-refractivity contribution in [3.8, 4) is 0 Å². The van der Waals surface area contributed by atoms with Gasteiger partial charge in [0, 0.05) is 11.4 Å². The molecule has 0 N–H and O–H groups in total. The van der Waals surface area contributed by atoms with Crippen molar-refractivity contribution in [2.75, 3.05) is 16.5 Å². The molecule has 0 saturated carbocycles. The molecule has 1 aliphatic heterocycles. The van der Waals surface area contributed by atoms with E-state index in [1.54, 1.807) is 0 Å². The van der Waals surface area contributed by atoms with E-state index in [0.717, 1.165) is 31.1 Å². The number of rotatable bonds is 2. The molecule has 114 valence electrons. The average molecular weight is 301 g/mol. The molecule has 2 aromatic carbocycles. The molecule has 4 rings (SSSR count). The molecule has 3 nitrogen and oxygen atoms in total. The highest BCUT2D eigenvalue weighted by molar-refractivity contribution is 5.52. The lowest BCUT2D eigenvalue weighted by molar-refractivity contribution is 0.677. The normalized spacial score (nSPS) is 14.3. The van der Waals surface area contributed by atoms with E-state index in [2.05, 4.69) is 88.7 Å². The highest BCUT2D eigenvalue weighted by atomic mass is 15.3. The summed E-state index contributed by atoms with van der Waals surface area (Å²) in [5.74, 6) is 0. The number of para-hydroxylation sites is 2. The van der Waals surface area contributed by atoms with Crippen LogP contribution in [0.25, 0.3) is 0 Å². The molecule has 0 atom stereocenters. The van der Waals surface area contributed by atoms with Gasteiger partial charge in [-0.05, 0) is 36.4 Å². The van der Waals surface area contributed by atoms with Crippen LogP contribution in [0.15, 0.2) is 78.9 Å². The van der Waals surface area contributed by atoms with E-state index in [4.69, 9.17) is 4.98 Å². The smallest absolute Gasteiger partial charge is 0.0911 e. The Balaban J connectivity index is 1.73. The lowest BCUT2D eigenvalue weighted by atomic mass is 10.2. The molecular weight excluding hydrogens is 282 g/mol. The lowest BCUT2D eigenvalue weighted by Crippen LogP contribution is -2.39. The van der Waals surface area contributed by atoms with Gasteiger partial charge in [-0.3, -0.25) is 4.98 Å². The molecule has 0 amide bonds. The summed E-state index contributed by atoms with van der Waals surface area (Å²) in [6.45, 7) is 2.49. The third-order valence-electron chi connectivity index (χ3n) is 4.15. The van der Waals surface area contributed by atoms with E-state index >= 15 is 0 Å². The van der Waals surface area contributed by atoms with Crippen LogP contribution in [0.2, 0.25) is 0 Å². The van der Waals surface area contributed by atoms with Gasteiger partial charge in [0.15, 0.2) is 0 Å². The molecule has 3 heteroatoms. The van der Waals surface area contributed by atoms with Crippen molar-refractivity contribution < 1.29 is 0 Å². The standard InChI is InChI=1S/C20H19N3/c1-3-10-19(11-4-1)22-14-17-8-7-9-18(21-17)15-23(16-22)20-12-5-2-6-13-20/h1-13H,14-16H2. The molecular formula is C20H19N3. The molecule has 0 radical (unpaired) electrons.